The summed E-state index contributed by atoms with van der Waals surface area (Å²) in [4.78, 5) is 0. The monoisotopic (exact) mass is 400 g/mol. The molecule has 0 radical (unpaired) electrons. The van der Waals surface area contributed by atoms with E-state index in [1.807, 2.05) is 0 Å². The molecular formula is C16H14BrFO4S. The summed E-state index contributed by atoms with van der Waals surface area (Å²) in [6.07, 6.45) is 0. The maximum Gasteiger partial charge on any atom is 0.162 e. The number of benzene rings is 2. The first kappa shape index (κ1) is 16.3. The lowest BCUT2D eigenvalue weighted by atomic mass is 10.2. The Bertz CT molecular complexity index is 836. The van der Waals surface area contributed by atoms with Crippen LogP contribution in [-0.2, 0) is 21.3 Å². The van der Waals surface area contributed by atoms with Crippen molar-refractivity contribution < 1.29 is 22.3 Å². The number of hydrogen-bond acceptors (Lipinski definition) is 4. The van der Waals surface area contributed by atoms with E-state index in [1.165, 1.54) is 18.2 Å². The molecule has 2 aromatic rings. The van der Waals surface area contributed by atoms with Crippen molar-refractivity contribution in [2.75, 3.05) is 13.2 Å². The molecular weight excluding hydrogens is 387 g/mol. The zero-order valence-electron chi connectivity index (χ0n) is 12.1. The number of hydrogen-bond donors (Lipinski definition) is 0. The average molecular weight is 401 g/mol. The highest BCUT2D eigenvalue weighted by atomic mass is 79.9. The Labute approximate surface area is 142 Å². The maximum atomic E-state index is 13.2. The minimum absolute atomic E-state index is 0.166. The van der Waals surface area contributed by atoms with Crippen LogP contribution >= 0.6 is 15.9 Å². The van der Waals surface area contributed by atoms with Crippen LogP contribution in [0.2, 0.25) is 0 Å². The van der Waals surface area contributed by atoms with Crippen LogP contribution in [0, 0.1) is 5.82 Å². The molecule has 1 heterocycles. The van der Waals surface area contributed by atoms with E-state index in [9.17, 15) is 12.8 Å². The van der Waals surface area contributed by atoms with E-state index in [1.54, 1.807) is 18.2 Å². The Hall–Kier alpha value is -1.60. The van der Waals surface area contributed by atoms with Gasteiger partial charge in [-0.3, -0.25) is 0 Å². The minimum atomic E-state index is -3.45. The Morgan fingerprint density at radius 3 is 2.43 bits per heavy atom. The molecule has 0 saturated carbocycles. The standard InChI is InChI=1S/C16H14BrFO4S/c17-14-8-16-15(21-4-5-22-16)7-12(14)10-23(19,20)9-11-2-1-3-13(18)6-11/h1-3,6-8H,4-5,9-10H2. The lowest BCUT2D eigenvalue weighted by molar-refractivity contribution is 0.171. The molecule has 7 heteroatoms. The van der Waals surface area contributed by atoms with Crippen molar-refractivity contribution in [3.8, 4) is 11.5 Å². The molecule has 1 aliphatic heterocycles. The van der Waals surface area contributed by atoms with Gasteiger partial charge in [-0.05, 0) is 35.4 Å². The molecule has 0 aromatic heterocycles. The van der Waals surface area contributed by atoms with Crippen molar-refractivity contribution in [2.24, 2.45) is 0 Å². The normalized spacial score (nSPS) is 13.8. The van der Waals surface area contributed by atoms with E-state index in [0.29, 0.717) is 40.3 Å². The van der Waals surface area contributed by atoms with Gasteiger partial charge in [-0.2, -0.15) is 0 Å². The second kappa shape index (κ2) is 6.49. The predicted octanol–water partition coefficient (Wildman–Crippen LogP) is 3.47. The summed E-state index contributed by atoms with van der Waals surface area (Å²) in [5.41, 5.74) is 1.02. The van der Waals surface area contributed by atoms with Gasteiger partial charge in [-0.25, -0.2) is 12.8 Å². The summed E-state index contributed by atoms with van der Waals surface area (Å²) in [6.45, 7) is 0.904. The highest BCUT2D eigenvalue weighted by Crippen LogP contribution is 2.36. The van der Waals surface area contributed by atoms with E-state index >= 15 is 0 Å². The largest absolute Gasteiger partial charge is 0.486 e. The van der Waals surface area contributed by atoms with E-state index in [4.69, 9.17) is 9.47 Å². The van der Waals surface area contributed by atoms with Gasteiger partial charge < -0.3 is 9.47 Å². The van der Waals surface area contributed by atoms with Crippen LogP contribution in [0.15, 0.2) is 40.9 Å². The number of rotatable bonds is 4. The zero-order valence-corrected chi connectivity index (χ0v) is 14.5. The number of sulfone groups is 1. The molecule has 4 nitrogen and oxygen atoms in total. The summed E-state index contributed by atoms with van der Waals surface area (Å²) < 4.78 is 49.5. The van der Waals surface area contributed by atoms with Crippen LogP contribution in [0.5, 0.6) is 11.5 Å². The van der Waals surface area contributed by atoms with Gasteiger partial charge in [0.1, 0.15) is 19.0 Å². The van der Waals surface area contributed by atoms with Gasteiger partial charge in [-0.15, -0.1) is 0 Å². The molecule has 1 aliphatic rings. The highest BCUT2D eigenvalue weighted by Gasteiger charge is 2.20. The van der Waals surface area contributed by atoms with Crippen molar-refractivity contribution in [3.05, 3.63) is 57.8 Å². The summed E-state index contributed by atoms with van der Waals surface area (Å²) >= 11 is 3.37. The summed E-state index contributed by atoms with van der Waals surface area (Å²) in [7, 11) is -3.45. The Morgan fingerprint density at radius 1 is 1.04 bits per heavy atom. The Balaban J connectivity index is 1.83. The minimum Gasteiger partial charge on any atom is -0.486 e. The van der Waals surface area contributed by atoms with Crippen LogP contribution in [0.1, 0.15) is 11.1 Å². The molecule has 0 saturated heterocycles. The fourth-order valence-corrected chi connectivity index (χ4v) is 4.54. The molecule has 0 fully saturated rings. The fraction of sp³-hybridized carbons (Fsp3) is 0.250. The second-order valence-corrected chi connectivity index (χ2v) is 8.17. The van der Waals surface area contributed by atoms with Crippen molar-refractivity contribution >= 4 is 25.8 Å². The van der Waals surface area contributed by atoms with Crippen LogP contribution < -0.4 is 9.47 Å². The third-order valence-corrected chi connectivity index (χ3v) is 5.62. The number of fused-ring (bicyclic) bond motifs is 1. The summed E-state index contributed by atoms with van der Waals surface area (Å²) in [5, 5.41) is 0. The Kier molecular flexibility index (Phi) is 4.59. The first-order valence-corrected chi connectivity index (χ1v) is 9.57. The average Bonchev–Trinajstić information content (AvgIpc) is 2.47. The second-order valence-electron chi connectivity index (χ2n) is 5.25. The molecule has 0 amide bonds. The molecule has 0 N–H and O–H groups in total. The Morgan fingerprint density at radius 2 is 1.74 bits per heavy atom. The molecule has 3 rings (SSSR count). The molecule has 0 bridgehead atoms. The molecule has 23 heavy (non-hydrogen) atoms. The van der Waals surface area contributed by atoms with Gasteiger partial charge in [0.05, 0.1) is 11.5 Å². The van der Waals surface area contributed by atoms with Crippen molar-refractivity contribution in [2.45, 2.75) is 11.5 Å². The summed E-state index contributed by atoms with van der Waals surface area (Å²) in [5.74, 6) is 0.301. The highest BCUT2D eigenvalue weighted by molar-refractivity contribution is 9.10. The van der Waals surface area contributed by atoms with E-state index in [2.05, 4.69) is 15.9 Å². The molecule has 0 unspecified atom stereocenters. The van der Waals surface area contributed by atoms with Crippen molar-refractivity contribution in [1.29, 1.82) is 0 Å². The molecule has 2 aromatic carbocycles. The lowest BCUT2D eigenvalue weighted by Gasteiger charge is -2.20. The third kappa shape index (κ3) is 4.03. The summed E-state index contributed by atoms with van der Waals surface area (Å²) in [6, 6.07) is 8.99. The smallest absolute Gasteiger partial charge is 0.162 e. The van der Waals surface area contributed by atoms with Crippen LogP contribution in [0.3, 0.4) is 0 Å². The number of ether oxygens (including phenoxy) is 2. The van der Waals surface area contributed by atoms with Gasteiger partial charge >= 0.3 is 0 Å². The number of halogens is 2. The van der Waals surface area contributed by atoms with Crippen molar-refractivity contribution in [3.63, 3.8) is 0 Å². The van der Waals surface area contributed by atoms with Crippen LogP contribution in [0.4, 0.5) is 4.39 Å². The SMILES string of the molecule is O=S(=O)(Cc1cccc(F)c1)Cc1cc2c(cc1Br)OCCO2. The van der Waals surface area contributed by atoms with Gasteiger partial charge in [0.25, 0.3) is 0 Å². The lowest BCUT2D eigenvalue weighted by Crippen LogP contribution is -2.16. The van der Waals surface area contributed by atoms with E-state index in [0.717, 1.165) is 0 Å². The topological polar surface area (TPSA) is 52.6 Å². The molecule has 0 aliphatic carbocycles. The van der Waals surface area contributed by atoms with E-state index < -0.39 is 15.7 Å². The molecule has 0 atom stereocenters. The zero-order chi connectivity index (χ0) is 16.4. The van der Waals surface area contributed by atoms with Gasteiger partial charge in [-0.1, -0.05) is 28.1 Å². The fourth-order valence-electron chi connectivity index (χ4n) is 2.39. The maximum absolute atomic E-state index is 13.2. The quantitative estimate of drug-likeness (QED) is 0.788. The predicted molar refractivity (Wildman–Crippen MR) is 87.9 cm³/mol. The van der Waals surface area contributed by atoms with Gasteiger partial charge in [0.2, 0.25) is 0 Å². The van der Waals surface area contributed by atoms with Crippen molar-refractivity contribution in [1.82, 2.24) is 0 Å². The first-order valence-electron chi connectivity index (χ1n) is 6.96. The first-order chi connectivity index (χ1) is 10.9. The molecule has 0 spiro atoms. The van der Waals surface area contributed by atoms with Gasteiger partial charge in [0.15, 0.2) is 21.3 Å². The van der Waals surface area contributed by atoms with E-state index in [-0.39, 0.29) is 11.5 Å². The van der Waals surface area contributed by atoms with Crippen LogP contribution in [-0.4, -0.2) is 21.6 Å². The molecule has 122 valence electrons. The third-order valence-electron chi connectivity index (χ3n) is 3.36. The van der Waals surface area contributed by atoms with Crippen LogP contribution in [0.25, 0.3) is 0 Å². The van der Waals surface area contributed by atoms with Gasteiger partial charge in [0, 0.05) is 4.47 Å².